The Balaban J connectivity index is 2.28. The summed E-state index contributed by atoms with van der Waals surface area (Å²) in [5.41, 5.74) is 5.82. The highest BCUT2D eigenvalue weighted by Gasteiger charge is 2.30. The molecule has 5 nitrogen and oxygen atoms in total. The first kappa shape index (κ1) is 13.6. The van der Waals surface area contributed by atoms with E-state index in [1.165, 1.54) is 12.1 Å². The summed E-state index contributed by atoms with van der Waals surface area (Å²) >= 11 is 5.00. The van der Waals surface area contributed by atoms with Crippen LogP contribution in [0.1, 0.15) is 29.6 Å². The Bertz CT molecular complexity index is 519. The first-order valence-electron chi connectivity index (χ1n) is 6.13. The predicted molar refractivity (Wildman–Crippen MR) is 75.2 cm³/mol. The molecule has 6 heteroatoms. The van der Waals surface area contributed by atoms with Gasteiger partial charge < -0.3 is 20.8 Å². The number of aromatic hydroxyl groups is 2. The van der Waals surface area contributed by atoms with Crippen LogP contribution in [0.2, 0.25) is 0 Å². The van der Waals surface area contributed by atoms with Crippen molar-refractivity contribution in [3.63, 3.8) is 0 Å². The van der Waals surface area contributed by atoms with Crippen LogP contribution in [0.3, 0.4) is 0 Å². The molecule has 0 radical (unpaired) electrons. The van der Waals surface area contributed by atoms with Crippen molar-refractivity contribution in [2.45, 2.75) is 25.3 Å². The van der Waals surface area contributed by atoms with Gasteiger partial charge in [0.15, 0.2) is 0 Å². The minimum atomic E-state index is -0.310. The van der Waals surface area contributed by atoms with E-state index in [4.69, 9.17) is 18.0 Å². The topological polar surface area (TPSA) is 86.8 Å². The third-order valence-corrected chi connectivity index (χ3v) is 3.58. The fourth-order valence-corrected chi connectivity index (χ4v) is 2.57. The molecule has 1 aromatic rings. The molecule has 102 valence electrons. The molecule has 0 spiro atoms. The fourth-order valence-electron chi connectivity index (χ4n) is 2.33. The van der Waals surface area contributed by atoms with Crippen LogP contribution >= 0.6 is 12.2 Å². The standard InChI is InChI=1S/C13H16N2O3S/c14-12(19)10-3-1-2-6-15(10)13(18)9-5-4-8(16)7-11(9)17/h4-5,7,10,16-17H,1-3,6H2,(H2,14,19). The van der Waals surface area contributed by atoms with Crippen molar-refractivity contribution in [3.8, 4) is 11.5 Å². The van der Waals surface area contributed by atoms with Crippen LogP contribution in [0.15, 0.2) is 18.2 Å². The van der Waals surface area contributed by atoms with E-state index in [1.54, 1.807) is 4.90 Å². The number of likely N-dealkylation sites (tertiary alicyclic amines) is 1. The number of carbonyl (C=O) groups excluding carboxylic acids is 1. The van der Waals surface area contributed by atoms with E-state index in [9.17, 15) is 15.0 Å². The number of phenolic OH excluding ortho intramolecular Hbond substituents is 2. The van der Waals surface area contributed by atoms with Gasteiger partial charge in [-0.2, -0.15) is 0 Å². The van der Waals surface area contributed by atoms with Crippen LogP contribution in [-0.2, 0) is 0 Å². The quantitative estimate of drug-likeness (QED) is 0.712. The van der Waals surface area contributed by atoms with Crippen molar-refractivity contribution in [1.29, 1.82) is 0 Å². The number of phenols is 2. The van der Waals surface area contributed by atoms with Crippen molar-refractivity contribution in [2.24, 2.45) is 5.73 Å². The van der Waals surface area contributed by atoms with Crippen LogP contribution in [-0.4, -0.2) is 38.6 Å². The van der Waals surface area contributed by atoms with E-state index in [1.807, 2.05) is 0 Å². The Morgan fingerprint density at radius 2 is 2.11 bits per heavy atom. The van der Waals surface area contributed by atoms with E-state index in [0.29, 0.717) is 11.5 Å². The summed E-state index contributed by atoms with van der Waals surface area (Å²) in [7, 11) is 0. The third kappa shape index (κ3) is 2.78. The number of nitrogens with zero attached hydrogens (tertiary/aromatic N) is 1. The molecule has 1 amide bonds. The van der Waals surface area contributed by atoms with Gasteiger partial charge in [0.1, 0.15) is 11.5 Å². The van der Waals surface area contributed by atoms with Crippen LogP contribution in [0.25, 0.3) is 0 Å². The van der Waals surface area contributed by atoms with Gasteiger partial charge >= 0.3 is 0 Å². The van der Waals surface area contributed by atoms with Crippen molar-refractivity contribution >= 4 is 23.1 Å². The van der Waals surface area contributed by atoms with E-state index in [-0.39, 0.29) is 29.0 Å². The molecule has 0 aromatic heterocycles. The molecule has 1 heterocycles. The summed E-state index contributed by atoms with van der Waals surface area (Å²) in [5.74, 6) is -0.633. The summed E-state index contributed by atoms with van der Waals surface area (Å²) in [6.07, 6.45) is 2.62. The molecule has 2 rings (SSSR count). The van der Waals surface area contributed by atoms with E-state index in [2.05, 4.69) is 0 Å². The third-order valence-electron chi connectivity index (χ3n) is 3.30. The number of hydrogen-bond acceptors (Lipinski definition) is 4. The van der Waals surface area contributed by atoms with Gasteiger partial charge in [-0.3, -0.25) is 4.79 Å². The first-order chi connectivity index (χ1) is 9.00. The second-order valence-corrected chi connectivity index (χ2v) is 5.09. The Hall–Kier alpha value is -1.82. The van der Waals surface area contributed by atoms with Crippen molar-refractivity contribution in [2.75, 3.05) is 6.54 Å². The lowest BCUT2D eigenvalue weighted by molar-refractivity contribution is 0.0678. The minimum Gasteiger partial charge on any atom is -0.508 e. The SMILES string of the molecule is NC(=S)C1CCCCN1C(=O)c1ccc(O)cc1O. The van der Waals surface area contributed by atoms with Crippen LogP contribution in [0.4, 0.5) is 0 Å². The zero-order valence-corrected chi connectivity index (χ0v) is 11.2. The molecule has 1 aliphatic heterocycles. The van der Waals surface area contributed by atoms with Gasteiger partial charge in [0.2, 0.25) is 0 Å². The predicted octanol–water partition coefficient (Wildman–Crippen LogP) is 1.38. The number of benzene rings is 1. The minimum absolute atomic E-state index is 0.0846. The van der Waals surface area contributed by atoms with Gasteiger partial charge in [-0.1, -0.05) is 12.2 Å². The van der Waals surface area contributed by atoms with Gasteiger partial charge in [-0.15, -0.1) is 0 Å². The molecule has 0 saturated carbocycles. The zero-order valence-electron chi connectivity index (χ0n) is 10.4. The second-order valence-electron chi connectivity index (χ2n) is 4.61. The number of piperidine rings is 1. The molecular weight excluding hydrogens is 264 g/mol. The van der Waals surface area contributed by atoms with Crippen LogP contribution in [0, 0.1) is 0 Å². The van der Waals surface area contributed by atoms with Gasteiger partial charge in [0.25, 0.3) is 5.91 Å². The molecule has 0 aliphatic carbocycles. The molecular formula is C13H16N2O3S. The molecule has 1 unspecified atom stereocenters. The molecule has 19 heavy (non-hydrogen) atoms. The molecule has 1 fully saturated rings. The molecule has 1 atom stereocenters. The monoisotopic (exact) mass is 280 g/mol. The first-order valence-corrected chi connectivity index (χ1v) is 6.54. The Kier molecular flexibility index (Phi) is 3.90. The smallest absolute Gasteiger partial charge is 0.258 e. The number of nitrogens with two attached hydrogens (primary N) is 1. The Morgan fingerprint density at radius 3 is 2.74 bits per heavy atom. The second kappa shape index (κ2) is 5.44. The molecule has 1 saturated heterocycles. The van der Waals surface area contributed by atoms with E-state index < -0.39 is 0 Å². The van der Waals surface area contributed by atoms with Gasteiger partial charge in [-0.05, 0) is 31.4 Å². The summed E-state index contributed by atoms with van der Waals surface area (Å²) in [5, 5.41) is 19.0. The largest absolute Gasteiger partial charge is 0.508 e. The lowest BCUT2D eigenvalue weighted by Crippen LogP contribution is -2.49. The van der Waals surface area contributed by atoms with Crippen molar-refractivity contribution < 1.29 is 15.0 Å². The average molecular weight is 280 g/mol. The highest BCUT2D eigenvalue weighted by Crippen LogP contribution is 2.27. The summed E-state index contributed by atoms with van der Waals surface area (Å²) in [4.78, 5) is 14.3. The fraction of sp³-hybridized carbons (Fsp3) is 0.385. The maximum Gasteiger partial charge on any atom is 0.258 e. The number of amides is 1. The van der Waals surface area contributed by atoms with Crippen molar-refractivity contribution in [3.05, 3.63) is 23.8 Å². The number of rotatable bonds is 2. The average Bonchev–Trinajstić information content (AvgIpc) is 2.38. The van der Waals surface area contributed by atoms with Gasteiger partial charge in [0, 0.05) is 12.6 Å². The maximum absolute atomic E-state index is 12.4. The summed E-state index contributed by atoms with van der Waals surface area (Å²) < 4.78 is 0. The molecule has 0 bridgehead atoms. The molecule has 1 aromatic carbocycles. The lowest BCUT2D eigenvalue weighted by Gasteiger charge is -2.35. The number of thiocarbonyl (C=S) groups is 1. The number of hydrogen-bond donors (Lipinski definition) is 3. The Morgan fingerprint density at radius 1 is 1.37 bits per heavy atom. The summed E-state index contributed by atoms with van der Waals surface area (Å²) in [6.45, 7) is 0.571. The molecule has 1 aliphatic rings. The van der Waals surface area contributed by atoms with E-state index in [0.717, 1.165) is 25.3 Å². The van der Waals surface area contributed by atoms with E-state index >= 15 is 0 Å². The highest BCUT2D eigenvalue weighted by atomic mass is 32.1. The summed E-state index contributed by atoms with van der Waals surface area (Å²) in [6, 6.07) is 3.65. The normalized spacial score (nSPS) is 19.2. The number of carbonyl (C=O) groups is 1. The van der Waals surface area contributed by atoms with Crippen LogP contribution < -0.4 is 5.73 Å². The Labute approximate surface area is 116 Å². The van der Waals surface area contributed by atoms with Crippen molar-refractivity contribution in [1.82, 2.24) is 4.90 Å². The maximum atomic E-state index is 12.4. The lowest BCUT2D eigenvalue weighted by atomic mass is 10.0. The molecule has 4 N–H and O–H groups in total. The van der Waals surface area contributed by atoms with Crippen LogP contribution in [0.5, 0.6) is 11.5 Å². The zero-order chi connectivity index (χ0) is 14.0. The van der Waals surface area contributed by atoms with Gasteiger partial charge in [0.05, 0.1) is 16.6 Å². The van der Waals surface area contributed by atoms with Gasteiger partial charge in [-0.25, -0.2) is 0 Å². The highest BCUT2D eigenvalue weighted by molar-refractivity contribution is 7.80.